The summed E-state index contributed by atoms with van der Waals surface area (Å²) in [6.45, 7) is 3.89. The van der Waals surface area contributed by atoms with Crippen molar-refractivity contribution in [1.29, 1.82) is 0 Å². The van der Waals surface area contributed by atoms with Gasteiger partial charge in [-0.25, -0.2) is 0 Å². The van der Waals surface area contributed by atoms with Gasteiger partial charge in [0.1, 0.15) is 5.75 Å². The van der Waals surface area contributed by atoms with E-state index in [0.29, 0.717) is 5.56 Å². The molecule has 6 heteroatoms. The quantitative estimate of drug-likeness (QED) is 0.643. The molecule has 1 aromatic heterocycles. The zero-order valence-electron chi connectivity index (χ0n) is 15.8. The minimum Gasteiger partial charge on any atom is -0.497 e. The lowest BCUT2D eigenvalue weighted by molar-refractivity contribution is 0.0939. The number of benzene rings is 2. The van der Waals surface area contributed by atoms with Gasteiger partial charge in [-0.05, 0) is 60.9 Å². The molecule has 1 N–H and O–H groups in total. The number of aryl methyl sites for hydroxylation is 1. The number of rotatable bonds is 5. The van der Waals surface area contributed by atoms with Gasteiger partial charge in [0, 0.05) is 28.8 Å². The van der Waals surface area contributed by atoms with Crippen molar-refractivity contribution in [3.63, 3.8) is 0 Å². The van der Waals surface area contributed by atoms with E-state index in [1.807, 2.05) is 63.6 Å². The van der Waals surface area contributed by atoms with Crippen LogP contribution in [0.2, 0.25) is 0 Å². The largest absolute Gasteiger partial charge is 0.497 e. The van der Waals surface area contributed by atoms with E-state index in [1.165, 1.54) is 0 Å². The molecule has 1 amide bonds. The zero-order valence-corrected chi connectivity index (χ0v) is 17.4. The highest BCUT2D eigenvalue weighted by Crippen LogP contribution is 2.29. The number of nitrogens with zero attached hydrogens (tertiary/aromatic N) is 2. The van der Waals surface area contributed by atoms with Gasteiger partial charge < -0.3 is 10.1 Å². The number of amides is 1. The lowest BCUT2D eigenvalue weighted by Crippen LogP contribution is -2.27. The van der Waals surface area contributed by atoms with Crippen LogP contribution in [0.5, 0.6) is 5.75 Å². The molecule has 0 fully saturated rings. The normalized spacial score (nSPS) is 11.9. The number of halogens is 1. The van der Waals surface area contributed by atoms with Crippen LogP contribution in [0.3, 0.4) is 0 Å². The molecule has 1 atom stereocenters. The molecule has 0 spiro atoms. The topological polar surface area (TPSA) is 56.1 Å². The number of hydrogen-bond acceptors (Lipinski definition) is 3. The zero-order chi connectivity index (χ0) is 19.6. The Kier molecular flexibility index (Phi) is 5.65. The van der Waals surface area contributed by atoms with Gasteiger partial charge >= 0.3 is 0 Å². The minimum absolute atomic E-state index is 0.105. The molecule has 1 heterocycles. The van der Waals surface area contributed by atoms with Gasteiger partial charge in [-0.15, -0.1) is 0 Å². The van der Waals surface area contributed by atoms with Crippen LogP contribution in [0.25, 0.3) is 11.1 Å². The summed E-state index contributed by atoms with van der Waals surface area (Å²) in [6.07, 6.45) is 3.76. The summed E-state index contributed by atoms with van der Waals surface area (Å²) in [5.41, 5.74) is 4.54. The van der Waals surface area contributed by atoms with Gasteiger partial charge in [0.2, 0.25) is 0 Å². The molecule has 0 radical (unpaired) electrons. The second-order valence-electron chi connectivity index (χ2n) is 6.51. The number of ether oxygens (including phenoxy) is 1. The number of aromatic nitrogens is 2. The Morgan fingerprint density at radius 3 is 2.70 bits per heavy atom. The molecule has 0 saturated heterocycles. The average molecular weight is 428 g/mol. The summed E-state index contributed by atoms with van der Waals surface area (Å²) in [6, 6.07) is 11.4. The third-order valence-electron chi connectivity index (χ3n) is 4.56. The summed E-state index contributed by atoms with van der Waals surface area (Å²) >= 11 is 3.48. The van der Waals surface area contributed by atoms with Crippen molar-refractivity contribution < 1.29 is 9.53 Å². The van der Waals surface area contributed by atoms with E-state index < -0.39 is 0 Å². The summed E-state index contributed by atoms with van der Waals surface area (Å²) in [5.74, 6) is 0.637. The maximum atomic E-state index is 12.7. The molecule has 3 aromatic rings. The molecule has 0 aliphatic rings. The molecular weight excluding hydrogens is 406 g/mol. The van der Waals surface area contributed by atoms with Crippen molar-refractivity contribution in [2.75, 3.05) is 7.11 Å². The van der Waals surface area contributed by atoms with Crippen molar-refractivity contribution >= 4 is 21.8 Å². The molecule has 140 valence electrons. The smallest absolute Gasteiger partial charge is 0.252 e. The number of carbonyl (C=O) groups is 1. The Balaban J connectivity index is 1.88. The molecule has 0 bridgehead atoms. The average Bonchev–Trinajstić information content (AvgIpc) is 3.09. The molecule has 0 unspecified atom stereocenters. The summed E-state index contributed by atoms with van der Waals surface area (Å²) in [4.78, 5) is 12.7. The van der Waals surface area contributed by atoms with Crippen LogP contribution in [0, 0.1) is 6.92 Å². The van der Waals surface area contributed by atoms with Crippen molar-refractivity contribution in [2.24, 2.45) is 7.05 Å². The number of methoxy groups -OCH3 is 1. The van der Waals surface area contributed by atoms with E-state index in [1.54, 1.807) is 11.8 Å². The van der Waals surface area contributed by atoms with E-state index in [0.717, 1.165) is 32.5 Å². The Morgan fingerprint density at radius 1 is 1.26 bits per heavy atom. The van der Waals surface area contributed by atoms with Gasteiger partial charge in [0.05, 0.1) is 19.3 Å². The standard InChI is InChI=1S/C21H22BrN3O2/c1-13-19(6-5-7-20(13)22)21(26)24-14(2)15-8-16(10-18(9-15)27-4)17-11-23-25(3)12-17/h5-12,14H,1-4H3,(H,24,26)/t14-/m1/s1. The van der Waals surface area contributed by atoms with Crippen molar-refractivity contribution in [2.45, 2.75) is 19.9 Å². The first-order valence-electron chi connectivity index (χ1n) is 8.63. The molecule has 2 aromatic carbocycles. The Hall–Kier alpha value is -2.60. The van der Waals surface area contributed by atoms with Crippen molar-refractivity contribution in [3.05, 3.63) is 70.0 Å². The molecule has 27 heavy (non-hydrogen) atoms. The highest BCUT2D eigenvalue weighted by Gasteiger charge is 2.16. The third kappa shape index (κ3) is 4.22. The summed E-state index contributed by atoms with van der Waals surface area (Å²) in [5, 5.41) is 7.31. The monoisotopic (exact) mass is 427 g/mol. The highest BCUT2D eigenvalue weighted by molar-refractivity contribution is 9.10. The first kappa shape index (κ1) is 19.2. The minimum atomic E-state index is -0.179. The molecule has 0 saturated carbocycles. The van der Waals surface area contributed by atoms with E-state index in [2.05, 4.69) is 32.4 Å². The predicted molar refractivity (Wildman–Crippen MR) is 110 cm³/mol. The van der Waals surface area contributed by atoms with Gasteiger partial charge in [-0.2, -0.15) is 5.10 Å². The van der Waals surface area contributed by atoms with Crippen LogP contribution in [0.1, 0.15) is 34.5 Å². The Labute approximate surface area is 167 Å². The summed E-state index contributed by atoms with van der Waals surface area (Å²) < 4.78 is 8.13. The molecule has 3 rings (SSSR count). The molecule has 0 aliphatic heterocycles. The van der Waals surface area contributed by atoms with Gasteiger partial charge in [-0.1, -0.05) is 22.0 Å². The van der Waals surface area contributed by atoms with Crippen LogP contribution in [0.4, 0.5) is 0 Å². The lowest BCUT2D eigenvalue weighted by atomic mass is 10.0. The fraction of sp³-hybridized carbons (Fsp3) is 0.238. The second-order valence-corrected chi connectivity index (χ2v) is 7.36. The Bertz CT molecular complexity index is 981. The molecule has 5 nitrogen and oxygen atoms in total. The highest BCUT2D eigenvalue weighted by atomic mass is 79.9. The first-order valence-corrected chi connectivity index (χ1v) is 9.42. The van der Waals surface area contributed by atoms with E-state index in [4.69, 9.17) is 4.74 Å². The molecular formula is C21H22BrN3O2. The van der Waals surface area contributed by atoms with Gasteiger partial charge in [-0.3, -0.25) is 9.48 Å². The summed E-state index contributed by atoms with van der Waals surface area (Å²) in [7, 11) is 3.52. The maximum absolute atomic E-state index is 12.7. The van der Waals surface area contributed by atoms with Crippen molar-refractivity contribution in [3.8, 4) is 16.9 Å². The fourth-order valence-electron chi connectivity index (χ4n) is 2.94. The fourth-order valence-corrected chi connectivity index (χ4v) is 3.30. The lowest BCUT2D eigenvalue weighted by Gasteiger charge is -2.17. The SMILES string of the molecule is COc1cc(-c2cnn(C)c2)cc([C@@H](C)NC(=O)c2cccc(Br)c2C)c1. The maximum Gasteiger partial charge on any atom is 0.252 e. The number of nitrogens with one attached hydrogen (secondary N) is 1. The predicted octanol–water partition coefficient (Wildman–Crippen LogP) is 4.66. The third-order valence-corrected chi connectivity index (χ3v) is 5.42. The number of carbonyl (C=O) groups excluding carboxylic acids is 1. The van der Waals surface area contributed by atoms with Crippen molar-refractivity contribution in [1.82, 2.24) is 15.1 Å². The van der Waals surface area contributed by atoms with E-state index in [-0.39, 0.29) is 11.9 Å². The van der Waals surface area contributed by atoms with Gasteiger partial charge in [0.15, 0.2) is 0 Å². The van der Waals surface area contributed by atoms with E-state index in [9.17, 15) is 4.79 Å². The Morgan fingerprint density at radius 2 is 2.04 bits per heavy atom. The van der Waals surface area contributed by atoms with Crippen LogP contribution in [-0.4, -0.2) is 22.8 Å². The van der Waals surface area contributed by atoms with Crippen LogP contribution in [0.15, 0.2) is 53.3 Å². The number of hydrogen-bond donors (Lipinski definition) is 1. The molecule has 0 aliphatic carbocycles. The van der Waals surface area contributed by atoms with Crippen LogP contribution < -0.4 is 10.1 Å². The second kappa shape index (κ2) is 7.96. The van der Waals surface area contributed by atoms with E-state index >= 15 is 0 Å². The van der Waals surface area contributed by atoms with Crippen LogP contribution in [-0.2, 0) is 7.05 Å². The first-order chi connectivity index (χ1) is 12.9. The van der Waals surface area contributed by atoms with Crippen LogP contribution >= 0.6 is 15.9 Å². The van der Waals surface area contributed by atoms with Gasteiger partial charge in [0.25, 0.3) is 5.91 Å².